The monoisotopic (exact) mass is 334 g/mol. The van der Waals surface area contributed by atoms with Crippen molar-refractivity contribution in [3.05, 3.63) is 47.1 Å². The summed E-state index contributed by atoms with van der Waals surface area (Å²) in [6, 6.07) is 8.47. The van der Waals surface area contributed by atoms with Crippen molar-refractivity contribution in [3.8, 4) is 11.5 Å². The smallest absolute Gasteiger partial charge is 0.257 e. The van der Waals surface area contributed by atoms with Crippen LogP contribution in [0.1, 0.15) is 30.6 Å². The summed E-state index contributed by atoms with van der Waals surface area (Å²) < 4.78 is 11.2. The number of hydrogen-bond acceptors (Lipinski definition) is 4. The second-order valence-electron chi connectivity index (χ2n) is 4.74. The number of amides is 1. The van der Waals surface area contributed by atoms with Gasteiger partial charge in [-0.1, -0.05) is 24.6 Å². The lowest BCUT2D eigenvalue weighted by atomic mass is 10.2. The SMILES string of the molecule is CCCOc1c(Cl)cc(C(=O)Nc2ccccn2)cc1OCC. The van der Waals surface area contributed by atoms with Gasteiger partial charge in [0.15, 0.2) is 11.5 Å². The zero-order valence-electron chi connectivity index (χ0n) is 13.1. The third-order valence-corrected chi connectivity index (χ3v) is 3.21. The molecule has 0 atom stereocenters. The van der Waals surface area contributed by atoms with E-state index in [0.29, 0.717) is 41.1 Å². The molecule has 6 heteroatoms. The molecule has 0 bridgehead atoms. The normalized spacial score (nSPS) is 10.2. The van der Waals surface area contributed by atoms with Gasteiger partial charge in [0.05, 0.1) is 18.2 Å². The average Bonchev–Trinajstić information content (AvgIpc) is 2.55. The van der Waals surface area contributed by atoms with E-state index >= 15 is 0 Å². The van der Waals surface area contributed by atoms with Crippen molar-refractivity contribution in [2.45, 2.75) is 20.3 Å². The fourth-order valence-electron chi connectivity index (χ4n) is 1.93. The van der Waals surface area contributed by atoms with Gasteiger partial charge < -0.3 is 14.8 Å². The summed E-state index contributed by atoms with van der Waals surface area (Å²) >= 11 is 6.25. The van der Waals surface area contributed by atoms with E-state index in [2.05, 4.69) is 10.3 Å². The quantitative estimate of drug-likeness (QED) is 0.825. The molecule has 2 aromatic rings. The summed E-state index contributed by atoms with van der Waals surface area (Å²) in [5.74, 6) is 1.08. The highest BCUT2D eigenvalue weighted by atomic mass is 35.5. The molecule has 1 aromatic heterocycles. The fourth-order valence-corrected chi connectivity index (χ4v) is 2.20. The first-order chi connectivity index (χ1) is 11.2. The van der Waals surface area contributed by atoms with E-state index in [-0.39, 0.29) is 5.91 Å². The largest absolute Gasteiger partial charge is 0.490 e. The first kappa shape index (κ1) is 17.1. The third kappa shape index (κ3) is 4.60. The predicted octanol–water partition coefficient (Wildman–Crippen LogP) is 4.17. The number of aromatic nitrogens is 1. The number of ether oxygens (including phenoxy) is 2. The third-order valence-electron chi connectivity index (χ3n) is 2.93. The number of anilines is 1. The minimum atomic E-state index is -0.311. The Morgan fingerprint density at radius 3 is 2.74 bits per heavy atom. The molecular formula is C17H19ClN2O3. The Labute approximate surface area is 140 Å². The molecule has 0 aliphatic carbocycles. The van der Waals surface area contributed by atoms with Crippen LogP contribution < -0.4 is 14.8 Å². The maximum atomic E-state index is 12.3. The van der Waals surface area contributed by atoms with Crippen molar-refractivity contribution in [2.75, 3.05) is 18.5 Å². The molecular weight excluding hydrogens is 316 g/mol. The lowest BCUT2D eigenvalue weighted by Gasteiger charge is -2.14. The molecule has 0 aliphatic heterocycles. The van der Waals surface area contributed by atoms with Gasteiger partial charge >= 0.3 is 0 Å². The number of nitrogens with zero attached hydrogens (tertiary/aromatic N) is 1. The lowest BCUT2D eigenvalue weighted by molar-refractivity contribution is 0.102. The molecule has 0 aliphatic rings. The Morgan fingerprint density at radius 2 is 2.09 bits per heavy atom. The molecule has 2 rings (SSSR count). The zero-order valence-corrected chi connectivity index (χ0v) is 13.9. The minimum Gasteiger partial charge on any atom is -0.490 e. The molecule has 5 nitrogen and oxygen atoms in total. The molecule has 0 spiro atoms. The van der Waals surface area contributed by atoms with Gasteiger partial charge in [-0.15, -0.1) is 0 Å². The van der Waals surface area contributed by atoms with E-state index in [1.807, 2.05) is 13.8 Å². The molecule has 1 aromatic carbocycles. The molecule has 0 unspecified atom stereocenters. The molecule has 0 saturated carbocycles. The van der Waals surface area contributed by atoms with Crippen molar-refractivity contribution >= 4 is 23.3 Å². The predicted molar refractivity (Wildman–Crippen MR) is 90.6 cm³/mol. The van der Waals surface area contributed by atoms with Gasteiger partial charge in [0.1, 0.15) is 5.82 Å². The Kier molecular flexibility index (Phi) is 6.23. The standard InChI is InChI=1S/C17H19ClN2O3/c1-3-9-23-16-13(18)10-12(11-14(16)22-4-2)17(21)20-15-7-5-6-8-19-15/h5-8,10-11H,3-4,9H2,1-2H3,(H,19,20,21). The van der Waals surface area contributed by atoms with Crippen molar-refractivity contribution in [1.82, 2.24) is 4.98 Å². The van der Waals surface area contributed by atoms with Gasteiger partial charge in [-0.25, -0.2) is 4.98 Å². The van der Waals surface area contributed by atoms with E-state index in [9.17, 15) is 4.79 Å². The van der Waals surface area contributed by atoms with Gasteiger partial charge in [-0.05, 0) is 37.6 Å². The number of nitrogens with one attached hydrogen (secondary N) is 1. The molecule has 122 valence electrons. The van der Waals surface area contributed by atoms with Gasteiger partial charge in [0.25, 0.3) is 5.91 Å². The van der Waals surface area contributed by atoms with Gasteiger partial charge in [-0.2, -0.15) is 0 Å². The van der Waals surface area contributed by atoms with E-state index in [4.69, 9.17) is 21.1 Å². The maximum absolute atomic E-state index is 12.3. The van der Waals surface area contributed by atoms with Crippen molar-refractivity contribution < 1.29 is 14.3 Å². The van der Waals surface area contributed by atoms with Gasteiger partial charge in [-0.3, -0.25) is 4.79 Å². The zero-order chi connectivity index (χ0) is 16.7. The van der Waals surface area contributed by atoms with Crippen LogP contribution in [0.25, 0.3) is 0 Å². The number of rotatable bonds is 7. The van der Waals surface area contributed by atoms with Crippen LogP contribution in [0.2, 0.25) is 5.02 Å². The lowest BCUT2D eigenvalue weighted by Crippen LogP contribution is -2.13. The van der Waals surface area contributed by atoms with Crippen LogP contribution in [0.4, 0.5) is 5.82 Å². The van der Waals surface area contributed by atoms with Crippen molar-refractivity contribution in [1.29, 1.82) is 0 Å². The minimum absolute atomic E-state index is 0.311. The Hall–Kier alpha value is -2.27. The molecule has 0 radical (unpaired) electrons. The first-order valence-corrected chi connectivity index (χ1v) is 7.85. The maximum Gasteiger partial charge on any atom is 0.257 e. The van der Waals surface area contributed by atoms with Crippen LogP contribution in [-0.4, -0.2) is 24.1 Å². The molecule has 23 heavy (non-hydrogen) atoms. The Morgan fingerprint density at radius 1 is 1.26 bits per heavy atom. The summed E-state index contributed by atoms with van der Waals surface area (Å²) in [7, 11) is 0. The first-order valence-electron chi connectivity index (χ1n) is 7.47. The molecule has 0 saturated heterocycles. The summed E-state index contributed by atoms with van der Waals surface area (Å²) in [5, 5.41) is 3.06. The molecule has 1 heterocycles. The van der Waals surface area contributed by atoms with Crippen LogP contribution in [0.5, 0.6) is 11.5 Å². The van der Waals surface area contributed by atoms with Gasteiger partial charge in [0, 0.05) is 11.8 Å². The summed E-state index contributed by atoms with van der Waals surface area (Å²) in [4.78, 5) is 16.4. The highest BCUT2D eigenvalue weighted by molar-refractivity contribution is 6.32. The van der Waals surface area contributed by atoms with E-state index in [0.717, 1.165) is 6.42 Å². The fraction of sp³-hybridized carbons (Fsp3) is 0.294. The van der Waals surface area contributed by atoms with Crippen LogP contribution in [0, 0.1) is 0 Å². The van der Waals surface area contributed by atoms with Crippen molar-refractivity contribution in [3.63, 3.8) is 0 Å². The Balaban J connectivity index is 2.26. The van der Waals surface area contributed by atoms with Crippen LogP contribution >= 0.6 is 11.6 Å². The number of carbonyl (C=O) groups is 1. The highest BCUT2D eigenvalue weighted by Gasteiger charge is 2.16. The van der Waals surface area contributed by atoms with E-state index < -0.39 is 0 Å². The summed E-state index contributed by atoms with van der Waals surface area (Å²) in [6.45, 7) is 4.84. The summed E-state index contributed by atoms with van der Waals surface area (Å²) in [6.07, 6.45) is 2.46. The topological polar surface area (TPSA) is 60.5 Å². The second kappa shape index (κ2) is 8.39. The number of halogens is 1. The molecule has 1 amide bonds. The molecule has 0 fully saturated rings. The van der Waals surface area contributed by atoms with Crippen LogP contribution in [0.3, 0.4) is 0 Å². The number of carbonyl (C=O) groups excluding carboxylic acids is 1. The Bertz CT molecular complexity index is 662. The highest BCUT2D eigenvalue weighted by Crippen LogP contribution is 2.37. The van der Waals surface area contributed by atoms with Crippen molar-refractivity contribution in [2.24, 2.45) is 0 Å². The van der Waals surface area contributed by atoms with E-state index in [1.165, 1.54) is 0 Å². The number of benzene rings is 1. The second-order valence-corrected chi connectivity index (χ2v) is 5.14. The van der Waals surface area contributed by atoms with Crippen LogP contribution in [0.15, 0.2) is 36.5 Å². The summed E-state index contributed by atoms with van der Waals surface area (Å²) in [5.41, 5.74) is 0.382. The number of hydrogen-bond donors (Lipinski definition) is 1. The average molecular weight is 335 g/mol. The van der Waals surface area contributed by atoms with E-state index in [1.54, 1.807) is 36.5 Å². The van der Waals surface area contributed by atoms with Gasteiger partial charge in [0.2, 0.25) is 0 Å². The molecule has 1 N–H and O–H groups in total. The van der Waals surface area contributed by atoms with Crippen LogP contribution in [-0.2, 0) is 0 Å². The number of pyridine rings is 1.